The molecule has 2 aromatic carbocycles. The zero-order valence-corrected chi connectivity index (χ0v) is 15.7. The van der Waals surface area contributed by atoms with E-state index in [9.17, 15) is 9.90 Å². The molecule has 0 radical (unpaired) electrons. The molecule has 0 saturated carbocycles. The lowest BCUT2D eigenvalue weighted by Crippen LogP contribution is -2.28. The lowest BCUT2D eigenvalue weighted by atomic mass is 10.1. The highest BCUT2D eigenvalue weighted by molar-refractivity contribution is 8.27. The molecule has 0 aromatic heterocycles. The number of phenolic OH excluding ortho intramolecular Hbond substituents is 1. The summed E-state index contributed by atoms with van der Waals surface area (Å²) >= 11 is 6.63. The predicted molar refractivity (Wildman–Crippen MR) is 106 cm³/mol. The van der Waals surface area contributed by atoms with E-state index < -0.39 is 0 Å². The Labute approximate surface area is 156 Å². The van der Waals surface area contributed by atoms with Gasteiger partial charge in [-0.2, -0.15) is 0 Å². The molecule has 0 spiro atoms. The highest BCUT2D eigenvalue weighted by atomic mass is 32.2. The van der Waals surface area contributed by atoms with Crippen molar-refractivity contribution in [2.45, 2.75) is 13.8 Å². The van der Waals surface area contributed by atoms with Crippen molar-refractivity contribution in [1.29, 1.82) is 0 Å². The molecule has 1 aliphatic rings. The zero-order valence-electron chi connectivity index (χ0n) is 14.1. The van der Waals surface area contributed by atoms with E-state index in [-0.39, 0.29) is 11.7 Å². The Kier molecular flexibility index (Phi) is 4.83. The normalized spacial score (nSPS) is 16.0. The van der Waals surface area contributed by atoms with Gasteiger partial charge in [0.2, 0.25) is 0 Å². The number of carbonyl (C=O) groups excluding carboxylic acids is 1. The molecule has 1 amide bonds. The van der Waals surface area contributed by atoms with Gasteiger partial charge in [-0.05, 0) is 37.6 Å². The van der Waals surface area contributed by atoms with Crippen LogP contribution in [0, 0.1) is 13.8 Å². The number of thioether (sulfide) groups is 1. The van der Waals surface area contributed by atoms with Gasteiger partial charge in [-0.15, -0.1) is 0 Å². The van der Waals surface area contributed by atoms with Crippen molar-refractivity contribution in [2.24, 2.45) is 0 Å². The Balaban J connectivity index is 1.99. The smallest absolute Gasteiger partial charge is 0.270 e. The van der Waals surface area contributed by atoms with Gasteiger partial charge in [-0.1, -0.05) is 53.8 Å². The van der Waals surface area contributed by atoms with Crippen LogP contribution in [-0.4, -0.2) is 22.4 Å². The SMILES string of the molecule is COc1cccc(C=C2SC(=S)N(c3ccc(C)cc3C)C2=O)c1O. The largest absolute Gasteiger partial charge is 0.504 e. The van der Waals surface area contributed by atoms with Gasteiger partial charge in [-0.3, -0.25) is 9.69 Å². The number of methoxy groups -OCH3 is 1. The van der Waals surface area contributed by atoms with Crippen LogP contribution in [0.25, 0.3) is 6.08 Å². The summed E-state index contributed by atoms with van der Waals surface area (Å²) < 4.78 is 5.59. The van der Waals surface area contributed by atoms with E-state index in [2.05, 4.69) is 0 Å². The van der Waals surface area contributed by atoms with Crippen molar-refractivity contribution < 1.29 is 14.6 Å². The molecule has 0 unspecified atom stereocenters. The first-order valence-electron chi connectivity index (χ1n) is 7.63. The van der Waals surface area contributed by atoms with Crippen LogP contribution in [0.5, 0.6) is 11.5 Å². The van der Waals surface area contributed by atoms with Crippen molar-refractivity contribution in [2.75, 3.05) is 12.0 Å². The second kappa shape index (κ2) is 6.90. The Bertz CT molecular complexity index is 906. The van der Waals surface area contributed by atoms with E-state index in [1.165, 1.54) is 23.8 Å². The van der Waals surface area contributed by atoms with Gasteiger partial charge in [0.25, 0.3) is 5.91 Å². The number of thiocarbonyl (C=S) groups is 1. The second-order valence-corrected chi connectivity index (χ2v) is 7.38. The first-order valence-corrected chi connectivity index (χ1v) is 8.86. The molecular weight excluding hydrogens is 354 g/mol. The number of aromatic hydroxyl groups is 1. The molecule has 1 heterocycles. The lowest BCUT2D eigenvalue weighted by Gasteiger charge is -2.17. The number of hydrogen-bond donors (Lipinski definition) is 1. The van der Waals surface area contributed by atoms with Crippen molar-refractivity contribution in [3.05, 3.63) is 58.0 Å². The van der Waals surface area contributed by atoms with Crippen LogP contribution >= 0.6 is 24.0 Å². The number of aryl methyl sites for hydroxylation is 2. The minimum absolute atomic E-state index is 0.00165. The Morgan fingerprint density at radius 3 is 2.68 bits per heavy atom. The van der Waals surface area contributed by atoms with Gasteiger partial charge in [0.05, 0.1) is 17.7 Å². The molecule has 0 bridgehead atoms. The van der Waals surface area contributed by atoms with E-state index in [1.54, 1.807) is 24.3 Å². The molecule has 4 nitrogen and oxygen atoms in total. The maximum absolute atomic E-state index is 12.9. The van der Waals surface area contributed by atoms with Crippen LogP contribution in [0.1, 0.15) is 16.7 Å². The summed E-state index contributed by atoms with van der Waals surface area (Å²) in [5.41, 5.74) is 3.41. The number of benzene rings is 2. The summed E-state index contributed by atoms with van der Waals surface area (Å²) in [5, 5.41) is 10.2. The monoisotopic (exact) mass is 371 g/mol. The van der Waals surface area contributed by atoms with E-state index in [4.69, 9.17) is 17.0 Å². The van der Waals surface area contributed by atoms with Crippen LogP contribution in [0.3, 0.4) is 0 Å². The van der Waals surface area contributed by atoms with Crippen molar-refractivity contribution in [3.63, 3.8) is 0 Å². The topological polar surface area (TPSA) is 49.8 Å². The summed E-state index contributed by atoms with van der Waals surface area (Å²) in [6.45, 7) is 3.96. The molecule has 1 fully saturated rings. The molecule has 6 heteroatoms. The fraction of sp³-hybridized carbons (Fsp3) is 0.158. The number of rotatable bonds is 3. The molecule has 128 valence electrons. The van der Waals surface area contributed by atoms with Gasteiger partial charge in [-0.25, -0.2) is 0 Å². The molecule has 1 aliphatic heterocycles. The predicted octanol–water partition coefficient (Wildman–Crippen LogP) is 4.42. The van der Waals surface area contributed by atoms with Gasteiger partial charge in [0.15, 0.2) is 15.8 Å². The second-order valence-electron chi connectivity index (χ2n) is 5.71. The van der Waals surface area contributed by atoms with Gasteiger partial charge >= 0.3 is 0 Å². The fourth-order valence-corrected chi connectivity index (χ4v) is 3.97. The number of phenols is 1. The number of anilines is 1. The van der Waals surface area contributed by atoms with Crippen LogP contribution in [0.15, 0.2) is 41.3 Å². The molecule has 1 saturated heterocycles. The molecule has 2 aromatic rings. The molecule has 0 aliphatic carbocycles. The molecule has 0 atom stereocenters. The van der Waals surface area contributed by atoms with E-state index in [0.29, 0.717) is 20.5 Å². The summed E-state index contributed by atoms with van der Waals surface area (Å²) in [4.78, 5) is 14.9. The average molecular weight is 371 g/mol. The molecule has 3 rings (SSSR count). The summed E-state index contributed by atoms with van der Waals surface area (Å²) in [5.74, 6) is 0.171. The van der Waals surface area contributed by atoms with E-state index in [0.717, 1.165) is 16.8 Å². The zero-order chi connectivity index (χ0) is 18.1. The summed E-state index contributed by atoms with van der Waals surface area (Å²) in [7, 11) is 1.48. The standard InChI is InChI=1S/C19H17NO3S2/c1-11-7-8-14(12(2)9-11)20-18(22)16(25-19(20)24)10-13-5-4-6-15(23-3)17(13)21/h4-10,21H,1-3H3. The third-order valence-corrected chi connectivity index (χ3v) is 5.23. The number of carbonyl (C=O) groups is 1. The van der Waals surface area contributed by atoms with Crippen LogP contribution in [0.4, 0.5) is 5.69 Å². The van der Waals surface area contributed by atoms with E-state index >= 15 is 0 Å². The van der Waals surface area contributed by atoms with Crippen molar-refractivity contribution in [3.8, 4) is 11.5 Å². The minimum atomic E-state index is -0.191. The minimum Gasteiger partial charge on any atom is -0.504 e. The Morgan fingerprint density at radius 2 is 2.00 bits per heavy atom. The number of para-hydroxylation sites is 1. The van der Waals surface area contributed by atoms with Crippen LogP contribution in [0.2, 0.25) is 0 Å². The van der Waals surface area contributed by atoms with Crippen LogP contribution < -0.4 is 9.64 Å². The Hall–Kier alpha value is -2.31. The van der Waals surface area contributed by atoms with Crippen molar-refractivity contribution in [1.82, 2.24) is 0 Å². The molecular formula is C19H17NO3S2. The maximum Gasteiger partial charge on any atom is 0.270 e. The number of hydrogen-bond acceptors (Lipinski definition) is 5. The van der Waals surface area contributed by atoms with Gasteiger partial charge in [0, 0.05) is 5.56 Å². The quantitative estimate of drug-likeness (QED) is 0.639. The van der Waals surface area contributed by atoms with Crippen molar-refractivity contribution >= 4 is 46.0 Å². The van der Waals surface area contributed by atoms with Crippen LogP contribution in [-0.2, 0) is 4.79 Å². The number of amides is 1. The summed E-state index contributed by atoms with van der Waals surface area (Å²) in [6.07, 6.45) is 1.64. The highest BCUT2D eigenvalue weighted by Gasteiger charge is 2.34. The third kappa shape index (κ3) is 3.27. The number of ether oxygens (including phenoxy) is 1. The van der Waals surface area contributed by atoms with Gasteiger partial charge < -0.3 is 9.84 Å². The van der Waals surface area contributed by atoms with E-state index in [1.807, 2.05) is 32.0 Å². The Morgan fingerprint density at radius 1 is 1.24 bits per heavy atom. The summed E-state index contributed by atoms with van der Waals surface area (Å²) in [6, 6.07) is 11.0. The lowest BCUT2D eigenvalue weighted by molar-refractivity contribution is -0.113. The first kappa shape index (κ1) is 17.5. The highest BCUT2D eigenvalue weighted by Crippen LogP contribution is 2.39. The molecule has 1 N–H and O–H groups in total. The fourth-order valence-electron chi connectivity index (χ4n) is 2.69. The maximum atomic E-state index is 12.9. The first-order chi connectivity index (χ1) is 11.9. The van der Waals surface area contributed by atoms with Gasteiger partial charge in [0.1, 0.15) is 0 Å². The average Bonchev–Trinajstić information content (AvgIpc) is 2.84. The molecule has 25 heavy (non-hydrogen) atoms. The third-order valence-electron chi connectivity index (χ3n) is 3.92. The number of nitrogens with zero attached hydrogens (tertiary/aromatic N) is 1.